The van der Waals surface area contributed by atoms with Crippen LogP contribution >= 0.6 is 0 Å². The smallest absolute Gasteiger partial charge is 0.508 e. The molecule has 0 saturated heterocycles. The Balaban J connectivity index is 1.98. The van der Waals surface area contributed by atoms with Crippen LogP contribution in [0.3, 0.4) is 0 Å². The fourth-order valence-corrected chi connectivity index (χ4v) is 5.48. The number of aromatic hydroxyl groups is 1. The van der Waals surface area contributed by atoms with E-state index in [1.165, 1.54) is 11.1 Å². The number of phenols is 1. The number of hydrogen-bond acceptors (Lipinski definition) is 3. The molecule has 0 radical (unpaired) electrons. The first kappa shape index (κ1) is 17.0. The summed E-state index contributed by atoms with van der Waals surface area (Å²) in [5, 5.41) is 19.2. The van der Waals surface area contributed by atoms with E-state index >= 15 is 0 Å². The van der Waals surface area contributed by atoms with Gasteiger partial charge in [0, 0.05) is 5.41 Å². The predicted octanol–water partition coefficient (Wildman–Crippen LogP) is 5.10. The summed E-state index contributed by atoms with van der Waals surface area (Å²) >= 11 is 0. The zero-order chi connectivity index (χ0) is 18.9. The SMILES string of the molecule is CC1(C)CC2(CC(C)(C)c3ccc(OC(=O)O)cc32)c2cc(O)ccc21. The molecule has 2 aliphatic rings. The van der Waals surface area contributed by atoms with E-state index in [0.717, 1.165) is 24.0 Å². The Bertz CT molecular complexity index is 922. The summed E-state index contributed by atoms with van der Waals surface area (Å²) in [6.45, 7) is 8.93. The summed E-state index contributed by atoms with van der Waals surface area (Å²) in [6.07, 6.45) is 0.540. The van der Waals surface area contributed by atoms with Crippen molar-refractivity contribution in [2.24, 2.45) is 0 Å². The highest BCUT2D eigenvalue weighted by Gasteiger charge is 2.56. The van der Waals surface area contributed by atoms with Crippen molar-refractivity contribution in [3.05, 3.63) is 58.7 Å². The Morgan fingerprint density at radius 3 is 2.00 bits per heavy atom. The lowest BCUT2D eigenvalue weighted by Gasteiger charge is -2.30. The standard InChI is InChI=1S/C22H24O4/c1-20(2)11-22(17-9-13(23)5-7-15(17)20)12-21(3,4)16-8-6-14(10-18(16)22)26-19(24)25/h5-10,23H,11-12H2,1-4H3,(H,24,25). The first-order valence-corrected chi connectivity index (χ1v) is 8.95. The van der Waals surface area contributed by atoms with Crippen LogP contribution in [0.15, 0.2) is 36.4 Å². The van der Waals surface area contributed by atoms with E-state index in [4.69, 9.17) is 9.84 Å². The van der Waals surface area contributed by atoms with Crippen molar-refractivity contribution < 1.29 is 19.7 Å². The van der Waals surface area contributed by atoms with Gasteiger partial charge in [0.15, 0.2) is 0 Å². The monoisotopic (exact) mass is 352 g/mol. The summed E-state index contributed by atoms with van der Waals surface area (Å²) in [7, 11) is 0. The Labute approximate surface area is 153 Å². The highest BCUT2D eigenvalue weighted by atomic mass is 16.7. The van der Waals surface area contributed by atoms with Crippen LogP contribution in [0, 0.1) is 0 Å². The minimum Gasteiger partial charge on any atom is -0.508 e. The van der Waals surface area contributed by atoms with Crippen LogP contribution in [-0.4, -0.2) is 16.4 Å². The second kappa shape index (κ2) is 5.03. The predicted molar refractivity (Wildman–Crippen MR) is 99.3 cm³/mol. The average Bonchev–Trinajstić information content (AvgIpc) is 2.86. The third kappa shape index (κ3) is 2.24. The van der Waals surface area contributed by atoms with Crippen molar-refractivity contribution in [1.29, 1.82) is 0 Å². The van der Waals surface area contributed by atoms with Crippen LogP contribution in [0.5, 0.6) is 11.5 Å². The Morgan fingerprint density at radius 2 is 1.42 bits per heavy atom. The van der Waals surface area contributed by atoms with Gasteiger partial charge in [-0.1, -0.05) is 39.8 Å². The molecule has 0 aliphatic heterocycles. The molecule has 1 unspecified atom stereocenters. The van der Waals surface area contributed by atoms with Crippen molar-refractivity contribution in [2.45, 2.75) is 56.8 Å². The van der Waals surface area contributed by atoms with E-state index in [1.807, 2.05) is 24.3 Å². The van der Waals surface area contributed by atoms with Crippen molar-refractivity contribution in [3.63, 3.8) is 0 Å². The van der Waals surface area contributed by atoms with E-state index in [9.17, 15) is 9.90 Å². The van der Waals surface area contributed by atoms with E-state index in [2.05, 4.69) is 27.7 Å². The maximum atomic E-state index is 11.0. The molecule has 2 aromatic rings. The van der Waals surface area contributed by atoms with Crippen LogP contribution < -0.4 is 4.74 Å². The molecule has 2 aromatic carbocycles. The van der Waals surface area contributed by atoms with Crippen LogP contribution in [0.4, 0.5) is 4.79 Å². The summed E-state index contributed by atoms with van der Waals surface area (Å²) in [5.74, 6) is 0.616. The molecule has 4 heteroatoms. The fourth-order valence-electron chi connectivity index (χ4n) is 5.48. The van der Waals surface area contributed by atoms with Gasteiger partial charge in [0.1, 0.15) is 11.5 Å². The Kier molecular flexibility index (Phi) is 3.28. The number of ether oxygens (including phenoxy) is 1. The molecular formula is C22H24O4. The van der Waals surface area contributed by atoms with Gasteiger partial charge in [-0.25, -0.2) is 4.79 Å². The van der Waals surface area contributed by atoms with Gasteiger partial charge in [0.2, 0.25) is 0 Å². The number of hydrogen-bond donors (Lipinski definition) is 2. The molecule has 26 heavy (non-hydrogen) atoms. The van der Waals surface area contributed by atoms with Gasteiger partial charge in [-0.2, -0.15) is 0 Å². The molecule has 2 aliphatic carbocycles. The Hall–Kier alpha value is -2.49. The van der Waals surface area contributed by atoms with Gasteiger partial charge >= 0.3 is 6.16 Å². The molecule has 1 spiro atoms. The quantitative estimate of drug-likeness (QED) is 0.554. The summed E-state index contributed by atoms with van der Waals surface area (Å²) in [6, 6.07) is 11.3. The lowest BCUT2D eigenvalue weighted by Crippen LogP contribution is -2.27. The van der Waals surface area contributed by atoms with Gasteiger partial charge in [-0.15, -0.1) is 0 Å². The zero-order valence-electron chi connectivity index (χ0n) is 15.6. The molecule has 0 fully saturated rings. The second-order valence-corrected chi connectivity index (χ2v) is 9.01. The van der Waals surface area contributed by atoms with Crippen molar-refractivity contribution in [3.8, 4) is 11.5 Å². The first-order chi connectivity index (χ1) is 12.1. The van der Waals surface area contributed by atoms with Gasteiger partial charge in [0.05, 0.1) is 0 Å². The summed E-state index contributed by atoms with van der Waals surface area (Å²) in [4.78, 5) is 11.0. The van der Waals surface area contributed by atoms with Crippen molar-refractivity contribution in [1.82, 2.24) is 0 Å². The minimum atomic E-state index is -1.30. The molecule has 0 saturated carbocycles. The molecular weight excluding hydrogens is 328 g/mol. The summed E-state index contributed by atoms with van der Waals surface area (Å²) in [5.41, 5.74) is 4.45. The van der Waals surface area contributed by atoms with E-state index in [-0.39, 0.29) is 22.0 Å². The average molecular weight is 352 g/mol. The molecule has 0 heterocycles. The van der Waals surface area contributed by atoms with Crippen LogP contribution in [0.2, 0.25) is 0 Å². The number of carboxylic acid groups (broad SMARTS) is 1. The topological polar surface area (TPSA) is 66.8 Å². The number of carbonyl (C=O) groups is 1. The maximum Gasteiger partial charge on any atom is 0.511 e. The second-order valence-electron chi connectivity index (χ2n) is 9.01. The van der Waals surface area contributed by atoms with Crippen LogP contribution in [0.25, 0.3) is 0 Å². The lowest BCUT2D eigenvalue weighted by molar-refractivity contribution is 0.144. The third-order valence-corrected chi connectivity index (χ3v) is 6.18. The first-order valence-electron chi connectivity index (χ1n) is 8.95. The molecule has 136 valence electrons. The van der Waals surface area contributed by atoms with Crippen LogP contribution in [0.1, 0.15) is 62.8 Å². The summed E-state index contributed by atoms with van der Waals surface area (Å²) < 4.78 is 4.94. The number of phenolic OH excluding ortho intramolecular Hbond substituents is 1. The molecule has 0 amide bonds. The number of rotatable bonds is 1. The highest BCUT2D eigenvalue weighted by molar-refractivity contribution is 5.65. The third-order valence-electron chi connectivity index (χ3n) is 6.18. The number of benzene rings is 2. The van der Waals surface area contributed by atoms with E-state index in [0.29, 0.717) is 5.75 Å². The fraction of sp³-hybridized carbons (Fsp3) is 0.409. The maximum absolute atomic E-state index is 11.0. The van der Waals surface area contributed by atoms with Gasteiger partial charge < -0.3 is 14.9 Å². The molecule has 4 nitrogen and oxygen atoms in total. The normalized spacial score (nSPS) is 24.3. The van der Waals surface area contributed by atoms with Crippen molar-refractivity contribution in [2.75, 3.05) is 0 Å². The lowest BCUT2D eigenvalue weighted by atomic mass is 9.72. The molecule has 0 bridgehead atoms. The number of fused-ring (bicyclic) bond motifs is 4. The van der Waals surface area contributed by atoms with E-state index < -0.39 is 6.16 Å². The Morgan fingerprint density at radius 1 is 0.885 bits per heavy atom. The molecule has 1 atom stereocenters. The molecule has 2 N–H and O–H groups in total. The van der Waals surface area contributed by atoms with Crippen LogP contribution in [-0.2, 0) is 16.2 Å². The van der Waals surface area contributed by atoms with Gasteiger partial charge in [-0.05, 0) is 70.2 Å². The van der Waals surface area contributed by atoms with Crippen molar-refractivity contribution >= 4 is 6.16 Å². The largest absolute Gasteiger partial charge is 0.511 e. The van der Waals surface area contributed by atoms with E-state index in [1.54, 1.807) is 12.1 Å². The molecule has 4 rings (SSSR count). The zero-order valence-corrected chi connectivity index (χ0v) is 15.6. The highest BCUT2D eigenvalue weighted by Crippen LogP contribution is 2.63. The van der Waals surface area contributed by atoms with Gasteiger partial charge in [-0.3, -0.25) is 0 Å². The minimum absolute atomic E-state index is 0.0234. The van der Waals surface area contributed by atoms with Gasteiger partial charge in [0.25, 0.3) is 0 Å². The molecule has 0 aromatic heterocycles.